The maximum atomic E-state index is 12.5. The van der Waals surface area contributed by atoms with E-state index in [-0.39, 0.29) is 17.7 Å². The highest BCUT2D eigenvalue weighted by Crippen LogP contribution is 2.28. The van der Waals surface area contributed by atoms with Crippen molar-refractivity contribution in [3.8, 4) is 11.5 Å². The molecule has 0 unspecified atom stereocenters. The topological polar surface area (TPSA) is 93.9 Å². The molecule has 1 aromatic heterocycles. The molecule has 1 aliphatic heterocycles. The highest BCUT2D eigenvalue weighted by molar-refractivity contribution is 5.93. The quantitative estimate of drug-likeness (QED) is 0.751. The number of nitrogens with one attached hydrogen (secondary N) is 1. The summed E-state index contributed by atoms with van der Waals surface area (Å²) < 4.78 is 15.4. The van der Waals surface area contributed by atoms with Crippen LogP contribution in [0.2, 0.25) is 0 Å². The molecule has 1 aliphatic rings. The van der Waals surface area contributed by atoms with E-state index >= 15 is 0 Å². The summed E-state index contributed by atoms with van der Waals surface area (Å²) in [4.78, 5) is 26.6. The van der Waals surface area contributed by atoms with E-state index in [1.54, 1.807) is 50.3 Å². The molecule has 0 aliphatic carbocycles. The van der Waals surface area contributed by atoms with Crippen LogP contribution in [0.5, 0.6) is 11.5 Å². The molecule has 2 amide bonds. The lowest BCUT2D eigenvalue weighted by Crippen LogP contribution is -2.40. The van der Waals surface area contributed by atoms with Gasteiger partial charge in [0.2, 0.25) is 11.8 Å². The number of carbonyl (C=O) groups excluding carboxylic acids is 2. The first-order chi connectivity index (χ1) is 14.0. The molecule has 1 aromatic carbocycles. The molecular weight excluding hydrogens is 374 g/mol. The Bertz CT molecular complexity index is 897. The monoisotopic (exact) mass is 399 g/mol. The minimum Gasteiger partial charge on any atom is -0.493 e. The Hall–Kier alpha value is -3.29. The molecule has 1 fully saturated rings. The Morgan fingerprint density at radius 2 is 1.90 bits per heavy atom. The molecule has 154 valence electrons. The number of hydrogen-bond donors (Lipinski definition) is 1. The summed E-state index contributed by atoms with van der Waals surface area (Å²) in [6.07, 6.45) is 4.51. The molecule has 0 bridgehead atoms. The van der Waals surface area contributed by atoms with Crippen molar-refractivity contribution in [2.75, 3.05) is 32.6 Å². The minimum absolute atomic E-state index is 0.0780. The SMILES string of the molecule is COc1ccc(/C=C/C(=O)N2CCC(C(=O)Nc3cc(C)on3)CC2)cc1OC. The van der Waals surface area contributed by atoms with E-state index < -0.39 is 0 Å². The predicted octanol–water partition coefficient (Wildman–Crippen LogP) is 2.89. The van der Waals surface area contributed by atoms with Crippen molar-refractivity contribution < 1.29 is 23.6 Å². The molecule has 2 aromatic rings. The van der Waals surface area contributed by atoms with E-state index in [1.165, 1.54) is 0 Å². The van der Waals surface area contributed by atoms with Gasteiger partial charge in [-0.15, -0.1) is 0 Å². The van der Waals surface area contributed by atoms with Gasteiger partial charge in [-0.1, -0.05) is 11.2 Å². The van der Waals surface area contributed by atoms with E-state index in [4.69, 9.17) is 14.0 Å². The Kier molecular flexibility index (Phi) is 6.54. The molecule has 8 heteroatoms. The van der Waals surface area contributed by atoms with E-state index in [0.29, 0.717) is 49.0 Å². The van der Waals surface area contributed by atoms with Crippen LogP contribution in [0.15, 0.2) is 34.9 Å². The van der Waals surface area contributed by atoms with Gasteiger partial charge in [0, 0.05) is 31.1 Å². The second-order valence-electron chi connectivity index (χ2n) is 6.86. The van der Waals surface area contributed by atoms with E-state index in [0.717, 1.165) is 5.56 Å². The maximum absolute atomic E-state index is 12.5. The number of aromatic nitrogens is 1. The van der Waals surface area contributed by atoms with Gasteiger partial charge in [-0.05, 0) is 43.5 Å². The van der Waals surface area contributed by atoms with Crippen LogP contribution < -0.4 is 14.8 Å². The fraction of sp³-hybridized carbons (Fsp3) is 0.381. The molecule has 1 N–H and O–H groups in total. The predicted molar refractivity (Wildman–Crippen MR) is 108 cm³/mol. The normalized spacial score (nSPS) is 14.8. The van der Waals surface area contributed by atoms with E-state index in [2.05, 4.69) is 10.5 Å². The summed E-state index contributed by atoms with van der Waals surface area (Å²) in [6.45, 7) is 2.83. The molecule has 0 spiro atoms. The molecule has 1 saturated heterocycles. The number of aryl methyl sites for hydroxylation is 1. The number of hydrogen-bond acceptors (Lipinski definition) is 6. The molecule has 2 heterocycles. The van der Waals surface area contributed by atoms with Gasteiger partial charge in [-0.25, -0.2) is 0 Å². The number of anilines is 1. The largest absolute Gasteiger partial charge is 0.493 e. The Labute approximate surface area is 169 Å². The molecule has 29 heavy (non-hydrogen) atoms. The molecular formula is C21H25N3O5. The second-order valence-corrected chi connectivity index (χ2v) is 6.86. The zero-order valence-corrected chi connectivity index (χ0v) is 16.8. The first-order valence-electron chi connectivity index (χ1n) is 9.43. The average molecular weight is 399 g/mol. The van der Waals surface area contributed by atoms with Crippen LogP contribution >= 0.6 is 0 Å². The van der Waals surface area contributed by atoms with Gasteiger partial charge in [0.15, 0.2) is 17.3 Å². The highest BCUT2D eigenvalue weighted by atomic mass is 16.5. The van der Waals surface area contributed by atoms with Crippen LogP contribution in [0.1, 0.15) is 24.2 Å². The average Bonchev–Trinajstić information content (AvgIpc) is 3.16. The van der Waals surface area contributed by atoms with Crippen molar-refractivity contribution >= 4 is 23.7 Å². The summed E-state index contributed by atoms with van der Waals surface area (Å²) in [5.74, 6) is 1.99. The maximum Gasteiger partial charge on any atom is 0.246 e. The van der Waals surface area contributed by atoms with Crippen molar-refractivity contribution in [3.05, 3.63) is 41.7 Å². The first-order valence-corrected chi connectivity index (χ1v) is 9.43. The number of piperidine rings is 1. The lowest BCUT2D eigenvalue weighted by atomic mass is 9.96. The van der Waals surface area contributed by atoms with E-state index in [9.17, 15) is 9.59 Å². The number of amides is 2. The van der Waals surface area contributed by atoms with Gasteiger partial charge in [-0.2, -0.15) is 0 Å². The molecule has 3 rings (SSSR count). The van der Waals surface area contributed by atoms with Crippen LogP contribution in [-0.4, -0.2) is 49.2 Å². The van der Waals surface area contributed by atoms with Crippen LogP contribution in [0, 0.1) is 12.8 Å². The van der Waals surface area contributed by atoms with Crippen LogP contribution in [-0.2, 0) is 9.59 Å². The van der Waals surface area contributed by atoms with Crippen molar-refractivity contribution in [3.63, 3.8) is 0 Å². The molecule has 0 saturated carbocycles. The summed E-state index contributed by atoms with van der Waals surface area (Å²) in [5, 5.41) is 6.53. The fourth-order valence-corrected chi connectivity index (χ4v) is 3.25. The molecule has 0 atom stereocenters. The highest BCUT2D eigenvalue weighted by Gasteiger charge is 2.27. The Morgan fingerprint density at radius 1 is 1.17 bits per heavy atom. The van der Waals surface area contributed by atoms with Crippen LogP contribution in [0.4, 0.5) is 5.82 Å². The summed E-state index contributed by atoms with van der Waals surface area (Å²) >= 11 is 0. The minimum atomic E-state index is -0.147. The Morgan fingerprint density at radius 3 is 2.52 bits per heavy atom. The lowest BCUT2D eigenvalue weighted by molar-refractivity contribution is -0.130. The standard InChI is InChI=1S/C21H25N3O5/c1-14-12-19(23-29-14)22-21(26)16-8-10-24(11-9-16)20(25)7-5-15-4-6-17(27-2)18(13-15)28-3/h4-7,12-13,16H,8-11H2,1-3H3,(H,22,23,26)/b7-5+. The van der Waals surface area contributed by atoms with Gasteiger partial charge in [0.25, 0.3) is 0 Å². The third kappa shape index (κ3) is 5.16. The zero-order chi connectivity index (χ0) is 20.8. The van der Waals surface area contributed by atoms with Crippen molar-refractivity contribution in [1.82, 2.24) is 10.1 Å². The fourth-order valence-electron chi connectivity index (χ4n) is 3.25. The third-order valence-corrected chi connectivity index (χ3v) is 4.88. The van der Waals surface area contributed by atoms with Crippen LogP contribution in [0.25, 0.3) is 6.08 Å². The smallest absolute Gasteiger partial charge is 0.246 e. The van der Waals surface area contributed by atoms with Crippen molar-refractivity contribution in [2.45, 2.75) is 19.8 Å². The lowest BCUT2D eigenvalue weighted by Gasteiger charge is -2.30. The third-order valence-electron chi connectivity index (χ3n) is 4.88. The summed E-state index contributed by atoms with van der Waals surface area (Å²) in [5.41, 5.74) is 0.841. The second kappa shape index (κ2) is 9.27. The van der Waals surface area contributed by atoms with Crippen molar-refractivity contribution in [2.24, 2.45) is 5.92 Å². The van der Waals surface area contributed by atoms with E-state index in [1.807, 2.05) is 12.1 Å². The number of benzene rings is 1. The first kappa shape index (κ1) is 20.4. The van der Waals surface area contributed by atoms with Gasteiger partial charge >= 0.3 is 0 Å². The number of methoxy groups -OCH3 is 2. The number of carbonyl (C=O) groups is 2. The Balaban J connectivity index is 1.52. The zero-order valence-electron chi connectivity index (χ0n) is 16.8. The molecule has 8 nitrogen and oxygen atoms in total. The number of likely N-dealkylation sites (tertiary alicyclic amines) is 1. The number of ether oxygens (including phenoxy) is 2. The summed E-state index contributed by atoms with van der Waals surface area (Å²) in [6, 6.07) is 7.14. The number of rotatable bonds is 6. The van der Waals surface area contributed by atoms with Crippen LogP contribution in [0.3, 0.4) is 0 Å². The van der Waals surface area contributed by atoms with Gasteiger partial charge in [0.1, 0.15) is 5.76 Å². The molecule has 0 radical (unpaired) electrons. The number of nitrogens with zero attached hydrogens (tertiary/aromatic N) is 2. The van der Waals surface area contributed by atoms with Gasteiger partial charge in [0.05, 0.1) is 14.2 Å². The van der Waals surface area contributed by atoms with Crippen molar-refractivity contribution in [1.29, 1.82) is 0 Å². The van der Waals surface area contributed by atoms with Gasteiger partial charge < -0.3 is 24.2 Å². The van der Waals surface area contributed by atoms with Gasteiger partial charge in [-0.3, -0.25) is 9.59 Å². The summed E-state index contributed by atoms with van der Waals surface area (Å²) in [7, 11) is 3.15.